The maximum atomic E-state index is 14.1. The third-order valence-electron chi connectivity index (χ3n) is 9.16. The molecule has 410 valence electrons. The molecule has 33 nitrogen and oxygen atoms in total. The molecule has 4 heterocycles. The van der Waals surface area contributed by atoms with E-state index in [9.17, 15) is 27.6 Å². The van der Waals surface area contributed by atoms with Crippen LogP contribution < -0.4 is 134 Å². The van der Waals surface area contributed by atoms with E-state index in [2.05, 4.69) is 90.9 Å². The van der Waals surface area contributed by atoms with Crippen LogP contribution in [-0.4, -0.2) is 137 Å². The zero-order valence-corrected chi connectivity index (χ0v) is 48.5. The molecule has 0 saturated carbocycles. The predicted octanol–water partition coefficient (Wildman–Crippen LogP) is -0.883. The number of hydrogen-bond acceptors (Lipinski definition) is 21. The van der Waals surface area contributed by atoms with Gasteiger partial charge in [-0.25, -0.2) is 37.7 Å². The molecule has 3 fully saturated rings. The van der Waals surface area contributed by atoms with Crippen molar-refractivity contribution in [1.82, 2.24) is 10.1 Å². The van der Waals surface area contributed by atoms with E-state index in [-0.39, 0.29) is 190 Å². The van der Waals surface area contributed by atoms with E-state index in [0.29, 0.717) is 11.4 Å². The summed E-state index contributed by atoms with van der Waals surface area (Å²) < 4.78 is 74.8. The maximum Gasteiger partial charge on any atom is 1.00 e. The Bertz CT molecular complexity index is 2760. The van der Waals surface area contributed by atoms with Crippen LogP contribution in [0.25, 0.3) is 47.6 Å². The molecular weight excluding hydrogens is 1130 g/mol. The van der Waals surface area contributed by atoms with Crippen molar-refractivity contribution in [2.75, 3.05) is 75.3 Å². The number of anilines is 3. The Morgan fingerprint density at radius 1 is 0.808 bits per heavy atom. The van der Waals surface area contributed by atoms with Crippen LogP contribution in [0.4, 0.5) is 50.3 Å². The molecule has 3 atom stereocenters. The van der Waals surface area contributed by atoms with Gasteiger partial charge in [0.2, 0.25) is 17.9 Å². The number of benzene rings is 3. The third kappa shape index (κ3) is 23.5. The molecule has 0 aliphatic carbocycles. The second-order valence-corrected chi connectivity index (χ2v) is 13.6. The van der Waals surface area contributed by atoms with Crippen LogP contribution in [0.2, 0.25) is 0 Å². The summed E-state index contributed by atoms with van der Waals surface area (Å²) in [6.07, 6.45) is -2.50. The number of aromatic nitrogens is 2. The molecular formula is C39H44ClF3K2N18O15. The number of amidine groups is 1. The first kappa shape index (κ1) is 74.0. The number of nitrogens with zero attached hydrogens (tertiary/aromatic N) is 16. The number of nitrogens with two attached hydrogens (primary N) is 2. The normalized spacial score (nSPS) is 15.3. The molecule has 78 heavy (non-hydrogen) atoms. The Balaban J connectivity index is -0.000000965. The van der Waals surface area contributed by atoms with Crippen molar-refractivity contribution in [3.05, 3.63) is 127 Å². The number of methoxy groups -OCH3 is 3. The Morgan fingerprint density at radius 3 is 1.51 bits per heavy atom. The van der Waals surface area contributed by atoms with Crippen molar-refractivity contribution in [3.63, 3.8) is 0 Å². The van der Waals surface area contributed by atoms with E-state index in [4.69, 9.17) is 58.4 Å². The van der Waals surface area contributed by atoms with Gasteiger partial charge in [0.05, 0.1) is 68.3 Å². The molecule has 7 rings (SSSR count). The number of hydrogen-bond donors (Lipinski definition) is 3. The number of rotatable bonds is 15. The monoisotopic (exact) mass is 1170 g/mol. The minimum atomic E-state index is -0.742. The van der Waals surface area contributed by atoms with Gasteiger partial charge in [-0.15, -0.1) is 0 Å². The predicted molar refractivity (Wildman–Crippen MR) is 253 cm³/mol. The molecule has 0 radical (unpaired) electrons. The quantitative estimate of drug-likeness (QED) is 0.0103. The van der Waals surface area contributed by atoms with Crippen LogP contribution in [0.5, 0.6) is 0 Å². The molecule has 0 unspecified atom stereocenters. The second-order valence-electron chi connectivity index (χ2n) is 13.6. The Morgan fingerprint density at radius 2 is 1.21 bits per heavy atom. The van der Waals surface area contributed by atoms with Gasteiger partial charge in [0, 0.05) is 41.8 Å². The second kappa shape index (κ2) is 41.0. The van der Waals surface area contributed by atoms with Crippen molar-refractivity contribution in [2.24, 2.45) is 31.5 Å². The summed E-state index contributed by atoms with van der Waals surface area (Å²) in [6.45, 7) is 6.61. The number of carbonyl (C=O) groups excluding carboxylic acids is 4. The fourth-order valence-corrected chi connectivity index (χ4v) is 5.98. The molecule has 3 aliphatic heterocycles. The number of carbonyl (C=O) groups is 4. The van der Waals surface area contributed by atoms with E-state index in [1.807, 2.05) is 0 Å². The van der Waals surface area contributed by atoms with Gasteiger partial charge in [-0.1, -0.05) is 31.7 Å². The van der Waals surface area contributed by atoms with Crippen molar-refractivity contribution in [1.29, 1.82) is 0 Å². The topological polar surface area (TPSA) is 471 Å². The van der Waals surface area contributed by atoms with E-state index in [1.165, 1.54) is 72.4 Å². The van der Waals surface area contributed by atoms with Gasteiger partial charge in [-0.3, -0.25) is 19.5 Å². The minimum Gasteiger partial charge on any atom is -1.00 e. The van der Waals surface area contributed by atoms with E-state index < -0.39 is 60.5 Å². The van der Waals surface area contributed by atoms with E-state index in [1.54, 1.807) is 6.07 Å². The molecule has 3 saturated heterocycles. The van der Waals surface area contributed by atoms with Crippen LogP contribution in [-0.2, 0) is 38.1 Å². The number of azide groups is 3. The number of amides is 3. The van der Waals surface area contributed by atoms with Crippen LogP contribution in [0.1, 0.15) is 6.99 Å². The maximum absolute atomic E-state index is 14.1. The SMILES string of the molecule is COC(OC)OC.NCl.O.O=CO[O-].[C-]#[N+]c1ccc(N2C[C@H](CN=[N+]=[N-])OC2=O)cc1F.[H-].[K+].[K+].[N-]=[N+]=NC[C@H]1CN(c2ccc(-c3ncon3)c(F)c2)C(=O)O1.[N-]=[N+]=NC[C@H]1CN(c2ccc(/C(N)=N/O)c(F)c2)C(=O)O1. The Hall–Kier alpha value is -6.12. The van der Waals surface area contributed by atoms with Crippen LogP contribution >= 0.6 is 11.8 Å². The van der Waals surface area contributed by atoms with Crippen molar-refractivity contribution >= 4 is 65.1 Å². The number of halogens is 4. The van der Waals surface area contributed by atoms with Crippen molar-refractivity contribution in [3.8, 4) is 11.4 Å². The molecule has 0 bridgehead atoms. The number of ether oxygens (including phenoxy) is 6. The summed E-state index contributed by atoms with van der Waals surface area (Å²) in [7, 11) is 4.53. The first-order chi connectivity index (χ1) is 36.2. The molecule has 4 aromatic rings. The smallest absolute Gasteiger partial charge is 1.00 e. The largest absolute Gasteiger partial charge is 1.00 e. The average Bonchev–Trinajstić information content (AvgIpc) is 4.26. The zero-order chi connectivity index (χ0) is 55.9. The molecule has 3 aliphatic rings. The van der Waals surface area contributed by atoms with Gasteiger partial charge in [0.25, 0.3) is 12.9 Å². The van der Waals surface area contributed by atoms with Crippen molar-refractivity contribution < 1.29 is 190 Å². The number of cyclic esters (lactones) is 3. The Labute approximate surface area is 529 Å². The van der Waals surface area contributed by atoms with Crippen LogP contribution in [0.3, 0.4) is 0 Å². The van der Waals surface area contributed by atoms with E-state index in [0.717, 1.165) is 18.5 Å². The first-order valence-electron chi connectivity index (χ1n) is 20.2. The Kier molecular flexibility index (Phi) is 38.9. The molecule has 3 aromatic carbocycles. The summed E-state index contributed by atoms with van der Waals surface area (Å²) in [6, 6.07) is 11.8. The minimum absolute atomic E-state index is 0. The van der Waals surface area contributed by atoms with Crippen LogP contribution in [0.15, 0.2) is 86.0 Å². The summed E-state index contributed by atoms with van der Waals surface area (Å²) in [4.78, 5) is 64.6. The average molecular weight is 1180 g/mol. The third-order valence-corrected chi connectivity index (χ3v) is 9.16. The van der Waals surface area contributed by atoms with Gasteiger partial charge >= 0.3 is 121 Å². The molecule has 39 heteroatoms. The first-order valence-corrected chi connectivity index (χ1v) is 20.6. The fourth-order valence-electron chi connectivity index (χ4n) is 5.98. The molecule has 3 amide bonds. The number of oxime groups is 1. The van der Waals surface area contributed by atoms with Gasteiger partial charge in [0.15, 0.2) is 5.84 Å². The molecule has 0 spiro atoms. The van der Waals surface area contributed by atoms with Gasteiger partial charge in [0.1, 0.15) is 35.8 Å². The van der Waals surface area contributed by atoms with Gasteiger partial charge in [-0.2, -0.15) is 4.98 Å². The van der Waals surface area contributed by atoms with Gasteiger partial charge < -0.3 is 60.9 Å². The van der Waals surface area contributed by atoms with Crippen molar-refractivity contribution in [2.45, 2.75) is 24.8 Å². The summed E-state index contributed by atoms with van der Waals surface area (Å²) in [5, 5.41) is 37.2. The standard InChI is InChI=1S/C12H9FN6O3.C11H11FN6O3.C11H8FN5O2.C4H10O3.CH2O3.ClH2N.2K.H2O.H/c13-10-3-7(1-2-9(10)11-15-6-21-17-11)19-5-8(4-16-18-14)22-12(19)20;12-9-3-6(1-2-8(9)10(13)16-20)18-5-7(4-15-17-14)21-11(18)19;1-14-10-3-2-7(4-9(10)12)17-6-8(5-15-16-13)19-11(17)18;1-5-4(6-2)7-3;2-1-4-3;1-2;;;;/h1-3,6,8H,4-5H2;1-3,7,20H,4-5H2,(H2,13,16);2-4,8H,5-6H2;4H,1-3H3;1,3H;2H2;;;1H2;/q;;;;;;2*+1;;-1/p-1/t8-;7-;8-;;;;;;;/m000......./s1. The summed E-state index contributed by atoms with van der Waals surface area (Å²) in [5.74, 6) is -2.28. The van der Waals surface area contributed by atoms with Gasteiger partial charge in [-0.05, 0) is 76.9 Å². The fraction of sp³-hybridized carbons (Fsp3) is 0.333. The molecule has 1 aromatic heterocycles. The zero-order valence-electron chi connectivity index (χ0n) is 42.5. The molecule has 7 N–H and O–H groups in total. The van der Waals surface area contributed by atoms with Crippen LogP contribution in [0, 0.1) is 24.0 Å². The summed E-state index contributed by atoms with van der Waals surface area (Å²) >= 11 is 4.14. The van der Waals surface area contributed by atoms with E-state index >= 15 is 0 Å². The summed E-state index contributed by atoms with van der Waals surface area (Å²) in [5.41, 5.74) is 30.9.